The zero-order valence-electron chi connectivity index (χ0n) is 17.1. The highest BCUT2D eigenvalue weighted by Gasteiger charge is 2.54. The predicted molar refractivity (Wildman–Crippen MR) is 108 cm³/mol. The Kier molecular flexibility index (Phi) is 4.84. The Balaban J connectivity index is 1.56. The number of aliphatic hydroxyl groups excluding tert-OH is 1. The Morgan fingerprint density at radius 3 is 2.37 bits per heavy atom. The number of fused-ring (bicyclic) bond motifs is 2. The first-order chi connectivity index (χ1) is 12.8. The smallest absolute Gasteiger partial charge is 0.223 e. The van der Waals surface area contributed by atoms with Crippen molar-refractivity contribution in [2.75, 3.05) is 26.2 Å². The lowest BCUT2D eigenvalue weighted by atomic mass is 9.71. The molecule has 4 rings (SSSR count). The fourth-order valence-corrected chi connectivity index (χ4v) is 5.54. The molecule has 1 spiro atoms. The minimum Gasteiger partial charge on any atom is -0.390 e. The number of piperidine rings is 1. The number of likely N-dealkylation sites (tertiary alicyclic amines) is 2. The second-order valence-electron chi connectivity index (χ2n) is 9.99. The molecule has 4 heteroatoms. The molecule has 1 N–H and O–H groups in total. The molecule has 0 bridgehead atoms. The zero-order valence-corrected chi connectivity index (χ0v) is 17.1. The van der Waals surface area contributed by atoms with Gasteiger partial charge in [-0.25, -0.2) is 0 Å². The fraction of sp³-hybridized carbons (Fsp3) is 0.696. The van der Waals surface area contributed by atoms with Crippen LogP contribution in [0, 0.1) is 5.41 Å². The van der Waals surface area contributed by atoms with Gasteiger partial charge in [0.15, 0.2) is 0 Å². The van der Waals surface area contributed by atoms with E-state index in [1.165, 1.54) is 24.0 Å². The molecule has 0 unspecified atom stereocenters. The Labute approximate surface area is 163 Å². The molecule has 1 amide bonds. The zero-order chi connectivity index (χ0) is 19.2. The van der Waals surface area contributed by atoms with Gasteiger partial charge in [-0.2, -0.15) is 0 Å². The van der Waals surface area contributed by atoms with E-state index >= 15 is 0 Å². The molecule has 1 aromatic rings. The van der Waals surface area contributed by atoms with Gasteiger partial charge in [0, 0.05) is 24.9 Å². The molecule has 2 fully saturated rings. The first-order valence-corrected chi connectivity index (χ1v) is 10.6. The van der Waals surface area contributed by atoms with Crippen LogP contribution in [0.15, 0.2) is 24.3 Å². The van der Waals surface area contributed by atoms with Crippen molar-refractivity contribution in [3.63, 3.8) is 0 Å². The van der Waals surface area contributed by atoms with Gasteiger partial charge in [-0.15, -0.1) is 0 Å². The van der Waals surface area contributed by atoms with Crippen molar-refractivity contribution in [2.24, 2.45) is 5.41 Å². The lowest BCUT2D eigenvalue weighted by Crippen LogP contribution is -2.51. The van der Waals surface area contributed by atoms with Crippen LogP contribution in [0.3, 0.4) is 0 Å². The van der Waals surface area contributed by atoms with E-state index in [-0.39, 0.29) is 28.9 Å². The lowest BCUT2D eigenvalue weighted by molar-refractivity contribution is -0.135. The van der Waals surface area contributed by atoms with Gasteiger partial charge in [0.2, 0.25) is 5.91 Å². The maximum absolute atomic E-state index is 12.7. The number of carbonyl (C=O) groups excluding carboxylic acids is 1. The van der Waals surface area contributed by atoms with Crippen LogP contribution in [0.25, 0.3) is 0 Å². The van der Waals surface area contributed by atoms with Gasteiger partial charge in [0.25, 0.3) is 0 Å². The van der Waals surface area contributed by atoms with Gasteiger partial charge in [-0.05, 0) is 55.3 Å². The summed E-state index contributed by atoms with van der Waals surface area (Å²) in [5.74, 6) is 0.259. The van der Waals surface area contributed by atoms with Crippen LogP contribution in [0.1, 0.15) is 70.0 Å². The minimum atomic E-state index is -0.368. The molecule has 27 heavy (non-hydrogen) atoms. The highest BCUT2D eigenvalue weighted by molar-refractivity contribution is 5.77. The number of carbonyl (C=O) groups is 1. The normalized spacial score (nSPS) is 27.9. The predicted octanol–water partition coefficient (Wildman–Crippen LogP) is 3.49. The van der Waals surface area contributed by atoms with E-state index in [2.05, 4.69) is 49.9 Å². The molecule has 3 aliphatic rings. The first kappa shape index (κ1) is 18.9. The van der Waals surface area contributed by atoms with E-state index in [0.29, 0.717) is 6.42 Å². The second-order valence-corrected chi connectivity index (χ2v) is 9.99. The standard InChI is InChI=1S/C23H34N2O2/c1-22(2,3)16-19(26)24-14-10-23(11-15-24)18-9-5-4-8-17(18)20(21(23)27)25-12-6-7-13-25/h4-5,8-9,20-21,27H,6-7,10-16H2,1-3H3/t20-,21+/m1/s1. The Morgan fingerprint density at radius 1 is 1.11 bits per heavy atom. The Morgan fingerprint density at radius 2 is 1.74 bits per heavy atom. The summed E-state index contributed by atoms with van der Waals surface area (Å²) in [6.07, 6.45) is 4.42. The van der Waals surface area contributed by atoms with Crippen molar-refractivity contribution in [1.29, 1.82) is 0 Å². The molecule has 148 valence electrons. The lowest BCUT2D eigenvalue weighted by Gasteiger charge is -2.44. The van der Waals surface area contributed by atoms with Gasteiger partial charge in [-0.3, -0.25) is 9.69 Å². The third-order valence-electron chi connectivity index (χ3n) is 6.91. The molecule has 2 aliphatic heterocycles. The first-order valence-electron chi connectivity index (χ1n) is 10.6. The molecule has 1 aromatic carbocycles. The number of hydrogen-bond donors (Lipinski definition) is 1. The quantitative estimate of drug-likeness (QED) is 0.867. The van der Waals surface area contributed by atoms with Gasteiger partial charge < -0.3 is 10.0 Å². The molecule has 2 saturated heterocycles. The summed E-state index contributed by atoms with van der Waals surface area (Å²) in [7, 11) is 0. The maximum Gasteiger partial charge on any atom is 0.223 e. The van der Waals surface area contributed by atoms with E-state index in [0.717, 1.165) is 39.0 Å². The van der Waals surface area contributed by atoms with Crippen LogP contribution >= 0.6 is 0 Å². The summed E-state index contributed by atoms with van der Waals surface area (Å²) in [6, 6.07) is 8.78. The van der Waals surface area contributed by atoms with E-state index in [9.17, 15) is 9.90 Å². The van der Waals surface area contributed by atoms with Crippen molar-refractivity contribution in [3.8, 4) is 0 Å². The van der Waals surface area contributed by atoms with Crippen molar-refractivity contribution in [2.45, 2.75) is 70.4 Å². The van der Waals surface area contributed by atoms with Crippen molar-refractivity contribution >= 4 is 5.91 Å². The Hall–Kier alpha value is -1.39. The van der Waals surface area contributed by atoms with Crippen LogP contribution in [0.5, 0.6) is 0 Å². The highest BCUT2D eigenvalue weighted by atomic mass is 16.3. The van der Waals surface area contributed by atoms with E-state index < -0.39 is 0 Å². The number of aliphatic hydroxyl groups is 1. The summed E-state index contributed by atoms with van der Waals surface area (Å²) >= 11 is 0. The summed E-state index contributed by atoms with van der Waals surface area (Å²) in [4.78, 5) is 17.2. The van der Waals surface area contributed by atoms with Crippen LogP contribution in [-0.2, 0) is 10.2 Å². The van der Waals surface area contributed by atoms with Gasteiger partial charge in [0.1, 0.15) is 0 Å². The number of hydrogen-bond acceptors (Lipinski definition) is 3. The summed E-state index contributed by atoms with van der Waals surface area (Å²) < 4.78 is 0. The molecular weight excluding hydrogens is 336 g/mol. The second kappa shape index (κ2) is 6.89. The van der Waals surface area contributed by atoms with Crippen molar-refractivity contribution in [1.82, 2.24) is 9.80 Å². The molecule has 4 nitrogen and oxygen atoms in total. The molecule has 0 aromatic heterocycles. The molecule has 0 saturated carbocycles. The number of amides is 1. The largest absolute Gasteiger partial charge is 0.390 e. The summed E-state index contributed by atoms with van der Waals surface area (Å²) in [5.41, 5.74) is 2.48. The number of benzene rings is 1. The molecular formula is C23H34N2O2. The van der Waals surface area contributed by atoms with E-state index in [4.69, 9.17) is 0 Å². The van der Waals surface area contributed by atoms with Gasteiger partial charge >= 0.3 is 0 Å². The van der Waals surface area contributed by atoms with Crippen LogP contribution in [0.2, 0.25) is 0 Å². The monoisotopic (exact) mass is 370 g/mol. The van der Waals surface area contributed by atoms with Crippen molar-refractivity contribution < 1.29 is 9.90 Å². The van der Waals surface area contributed by atoms with Crippen LogP contribution in [0.4, 0.5) is 0 Å². The van der Waals surface area contributed by atoms with Crippen molar-refractivity contribution in [3.05, 3.63) is 35.4 Å². The third-order valence-corrected chi connectivity index (χ3v) is 6.91. The Bertz CT molecular complexity index is 695. The highest BCUT2D eigenvalue weighted by Crippen LogP contribution is 2.53. The summed E-state index contributed by atoms with van der Waals surface area (Å²) in [6.45, 7) is 10.0. The third kappa shape index (κ3) is 3.31. The number of nitrogens with zero attached hydrogens (tertiary/aromatic N) is 2. The molecule has 2 heterocycles. The fourth-order valence-electron chi connectivity index (χ4n) is 5.54. The average Bonchev–Trinajstić information content (AvgIpc) is 3.21. The average molecular weight is 371 g/mol. The SMILES string of the molecule is CC(C)(C)CC(=O)N1CCC2(CC1)c1ccccc1[C@@H](N1CCCC1)[C@@H]2O. The molecule has 2 atom stereocenters. The molecule has 0 radical (unpaired) electrons. The minimum absolute atomic E-state index is 0.0204. The van der Waals surface area contributed by atoms with Gasteiger partial charge in [0.05, 0.1) is 12.1 Å². The van der Waals surface area contributed by atoms with Crippen LogP contribution in [-0.4, -0.2) is 53.1 Å². The number of rotatable bonds is 2. The van der Waals surface area contributed by atoms with E-state index in [1.807, 2.05) is 4.90 Å². The summed E-state index contributed by atoms with van der Waals surface area (Å²) in [5, 5.41) is 11.5. The molecule has 1 aliphatic carbocycles. The topological polar surface area (TPSA) is 43.8 Å². The van der Waals surface area contributed by atoms with Gasteiger partial charge in [-0.1, -0.05) is 45.0 Å². The van der Waals surface area contributed by atoms with Crippen LogP contribution < -0.4 is 0 Å². The van der Waals surface area contributed by atoms with E-state index in [1.54, 1.807) is 0 Å². The maximum atomic E-state index is 12.7.